The summed E-state index contributed by atoms with van der Waals surface area (Å²) < 4.78 is 0. The summed E-state index contributed by atoms with van der Waals surface area (Å²) in [6.07, 6.45) is 1.26. The summed E-state index contributed by atoms with van der Waals surface area (Å²) in [5.74, 6) is 0.0813. The van der Waals surface area contributed by atoms with Crippen molar-refractivity contribution in [2.75, 3.05) is 0 Å². The van der Waals surface area contributed by atoms with Crippen molar-refractivity contribution in [3.63, 3.8) is 0 Å². The van der Waals surface area contributed by atoms with Crippen LogP contribution < -0.4 is 5.32 Å². The number of carbonyl (C=O) groups excluding carboxylic acids is 1. The maximum absolute atomic E-state index is 12.5. The molecule has 0 fully saturated rings. The predicted octanol–water partition coefficient (Wildman–Crippen LogP) is 4.89. The molecule has 3 rings (SSSR count). The Bertz CT molecular complexity index is 763. The zero-order valence-electron chi connectivity index (χ0n) is 13.7. The maximum atomic E-state index is 12.5. The van der Waals surface area contributed by atoms with E-state index >= 15 is 0 Å². The van der Waals surface area contributed by atoms with Crippen molar-refractivity contribution >= 4 is 17.2 Å². The molecule has 0 spiro atoms. The number of benzene rings is 2. The van der Waals surface area contributed by atoms with Crippen LogP contribution in [0.3, 0.4) is 0 Å². The van der Waals surface area contributed by atoms with Crippen LogP contribution in [0.25, 0.3) is 0 Å². The zero-order chi connectivity index (χ0) is 16.8. The Morgan fingerprint density at radius 3 is 2.42 bits per heavy atom. The van der Waals surface area contributed by atoms with Crippen LogP contribution >= 0.6 is 11.3 Å². The minimum absolute atomic E-state index is 0.0751. The number of aryl methyl sites for hydroxylation is 2. The lowest BCUT2D eigenvalue weighted by molar-refractivity contribution is -0.121. The van der Waals surface area contributed by atoms with E-state index in [1.807, 2.05) is 29.6 Å². The molecule has 0 aliphatic rings. The van der Waals surface area contributed by atoms with Gasteiger partial charge in [0, 0.05) is 11.3 Å². The number of nitrogens with one attached hydrogen (secondary N) is 1. The zero-order valence-corrected chi connectivity index (χ0v) is 14.6. The molecule has 0 saturated heterocycles. The lowest BCUT2D eigenvalue weighted by atomic mass is 10.0. The van der Waals surface area contributed by atoms with Crippen molar-refractivity contribution in [2.24, 2.45) is 0 Å². The molecule has 3 aromatic rings. The molecular weight excluding hydrogens is 314 g/mol. The van der Waals surface area contributed by atoms with Gasteiger partial charge in [-0.15, -0.1) is 11.3 Å². The van der Waals surface area contributed by atoms with Crippen molar-refractivity contribution < 1.29 is 4.79 Å². The summed E-state index contributed by atoms with van der Waals surface area (Å²) in [5, 5.41) is 5.25. The van der Waals surface area contributed by atoms with Crippen LogP contribution in [-0.4, -0.2) is 5.91 Å². The Kier molecular flexibility index (Phi) is 5.44. The molecule has 0 saturated carbocycles. The van der Waals surface area contributed by atoms with Gasteiger partial charge in [-0.1, -0.05) is 66.2 Å². The number of hydrogen-bond donors (Lipinski definition) is 1. The second kappa shape index (κ2) is 7.93. The summed E-state index contributed by atoms with van der Waals surface area (Å²) in [4.78, 5) is 13.6. The number of amides is 1. The molecule has 1 atom stereocenters. The highest BCUT2D eigenvalue weighted by atomic mass is 32.1. The second-order valence-electron chi connectivity index (χ2n) is 5.91. The third kappa shape index (κ3) is 4.33. The molecule has 0 aliphatic carbocycles. The van der Waals surface area contributed by atoms with Gasteiger partial charge in [0.2, 0.25) is 5.91 Å². The van der Waals surface area contributed by atoms with Crippen molar-refractivity contribution in [1.29, 1.82) is 0 Å². The first-order chi connectivity index (χ1) is 11.7. The molecule has 0 aliphatic heterocycles. The maximum Gasteiger partial charge on any atom is 0.221 e. The summed E-state index contributed by atoms with van der Waals surface area (Å²) in [6, 6.07) is 22.5. The van der Waals surface area contributed by atoms with Gasteiger partial charge in [0.25, 0.3) is 0 Å². The average Bonchev–Trinajstić information content (AvgIpc) is 3.14. The summed E-state index contributed by atoms with van der Waals surface area (Å²) in [7, 11) is 0. The van der Waals surface area contributed by atoms with E-state index in [2.05, 4.69) is 54.7 Å². The van der Waals surface area contributed by atoms with E-state index in [4.69, 9.17) is 0 Å². The molecular formula is C21H21NOS. The SMILES string of the molecule is Cc1ccc([C@H](NC(=O)CCc2ccccc2)c2cccs2)cc1. The number of thiophene rings is 1. The molecule has 1 amide bonds. The molecule has 1 aromatic heterocycles. The lowest BCUT2D eigenvalue weighted by Gasteiger charge is -2.18. The fraction of sp³-hybridized carbons (Fsp3) is 0.190. The molecule has 122 valence electrons. The first-order valence-corrected chi connectivity index (χ1v) is 9.03. The Morgan fingerprint density at radius 2 is 1.75 bits per heavy atom. The van der Waals surface area contributed by atoms with Gasteiger partial charge in [-0.3, -0.25) is 4.79 Å². The van der Waals surface area contributed by atoms with Gasteiger partial charge < -0.3 is 5.32 Å². The topological polar surface area (TPSA) is 29.1 Å². The smallest absolute Gasteiger partial charge is 0.221 e. The standard InChI is InChI=1S/C21H21NOS/c1-16-9-12-18(13-10-16)21(19-8-5-15-24-19)22-20(23)14-11-17-6-3-2-4-7-17/h2-10,12-13,15,21H,11,14H2,1H3,(H,22,23)/t21-/m0/s1. The Hall–Kier alpha value is -2.39. The number of rotatable bonds is 6. The van der Waals surface area contributed by atoms with Crippen LogP contribution in [0, 0.1) is 6.92 Å². The molecule has 3 heteroatoms. The van der Waals surface area contributed by atoms with Crippen LogP contribution in [0.2, 0.25) is 0 Å². The normalized spacial score (nSPS) is 11.9. The van der Waals surface area contributed by atoms with Crippen molar-refractivity contribution in [3.05, 3.63) is 93.7 Å². The summed E-state index contributed by atoms with van der Waals surface area (Å²) in [5.41, 5.74) is 3.53. The fourth-order valence-corrected chi connectivity index (χ4v) is 3.47. The van der Waals surface area contributed by atoms with E-state index in [1.165, 1.54) is 11.1 Å². The van der Waals surface area contributed by atoms with Crippen molar-refractivity contribution in [3.8, 4) is 0 Å². The molecule has 24 heavy (non-hydrogen) atoms. The van der Waals surface area contributed by atoms with Crippen LogP contribution in [0.5, 0.6) is 0 Å². The average molecular weight is 335 g/mol. The summed E-state index contributed by atoms with van der Waals surface area (Å²) >= 11 is 1.67. The van der Waals surface area contributed by atoms with Crippen molar-refractivity contribution in [2.45, 2.75) is 25.8 Å². The first-order valence-electron chi connectivity index (χ1n) is 8.15. The lowest BCUT2D eigenvalue weighted by Crippen LogP contribution is -2.29. The van der Waals surface area contributed by atoms with Crippen LogP contribution in [0.15, 0.2) is 72.1 Å². The molecule has 0 unspecified atom stereocenters. The highest BCUT2D eigenvalue weighted by Crippen LogP contribution is 2.26. The largest absolute Gasteiger partial charge is 0.344 e. The molecule has 0 bridgehead atoms. The Labute approximate surface area is 147 Å². The fourth-order valence-electron chi connectivity index (χ4n) is 2.67. The quantitative estimate of drug-likeness (QED) is 0.682. The van der Waals surface area contributed by atoms with E-state index in [1.54, 1.807) is 11.3 Å². The predicted molar refractivity (Wildman–Crippen MR) is 100 cm³/mol. The van der Waals surface area contributed by atoms with E-state index < -0.39 is 0 Å². The second-order valence-corrected chi connectivity index (χ2v) is 6.89. The summed E-state index contributed by atoms with van der Waals surface area (Å²) in [6.45, 7) is 2.07. The van der Waals surface area contributed by atoms with Crippen molar-refractivity contribution in [1.82, 2.24) is 5.32 Å². The first kappa shape index (κ1) is 16.5. The Morgan fingerprint density at radius 1 is 1.00 bits per heavy atom. The van der Waals surface area contributed by atoms with Crippen LogP contribution in [0.4, 0.5) is 0 Å². The third-order valence-electron chi connectivity index (χ3n) is 4.03. The van der Waals surface area contributed by atoms with Gasteiger partial charge in [0.15, 0.2) is 0 Å². The van der Waals surface area contributed by atoms with Gasteiger partial charge in [0.05, 0.1) is 6.04 Å². The molecule has 2 nitrogen and oxygen atoms in total. The van der Waals surface area contributed by atoms with Gasteiger partial charge in [-0.25, -0.2) is 0 Å². The molecule has 1 heterocycles. The highest BCUT2D eigenvalue weighted by Gasteiger charge is 2.17. The van der Waals surface area contributed by atoms with E-state index in [9.17, 15) is 4.79 Å². The van der Waals surface area contributed by atoms with Gasteiger partial charge >= 0.3 is 0 Å². The number of carbonyl (C=O) groups is 1. The van der Waals surface area contributed by atoms with Crippen LogP contribution in [-0.2, 0) is 11.2 Å². The molecule has 0 radical (unpaired) electrons. The van der Waals surface area contributed by atoms with Crippen LogP contribution in [0.1, 0.15) is 34.0 Å². The minimum atomic E-state index is -0.0751. The Balaban J connectivity index is 1.70. The molecule has 1 N–H and O–H groups in total. The van der Waals surface area contributed by atoms with E-state index in [0.29, 0.717) is 6.42 Å². The minimum Gasteiger partial charge on any atom is -0.344 e. The van der Waals surface area contributed by atoms with E-state index in [0.717, 1.165) is 16.9 Å². The van der Waals surface area contributed by atoms with Gasteiger partial charge in [-0.2, -0.15) is 0 Å². The van der Waals surface area contributed by atoms with E-state index in [-0.39, 0.29) is 11.9 Å². The third-order valence-corrected chi connectivity index (χ3v) is 4.96. The monoisotopic (exact) mass is 335 g/mol. The highest BCUT2D eigenvalue weighted by molar-refractivity contribution is 7.10. The van der Waals surface area contributed by atoms with Gasteiger partial charge in [-0.05, 0) is 35.9 Å². The van der Waals surface area contributed by atoms with Gasteiger partial charge in [0.1, 0.15) is 0 Å². The molecule has 2 aromatic carbocycles. The number of hydrogen-bond acceptors (Lipinski definition) is 2.